The summed E-state index contributed by atoms with van der Waals surface area (Å²) in [7, 11) is 0. The lowest BCUT2D eigenvalue weighted by Crippen LogP contribution is -2.31. The quantitative estimate of drug-likeness (QED) is 0.573. The second-order valence-electron chi connectivity index (χ2n) is 6.56. The van der Waals surface area contributed by atoms with E-state index in [4.69, 9.17) is 23.2 Å². The Kier molecular flexibility index (Phi) is 5.85. The Labute approximate surface area is 177 Å². The summed E-state index contributed by atoms with van der Waals surface area (Å²) in [6, 6.07) is 17.2. The molecule has 0 saturated carbocycles. The standard InChI is InChI=1S/C21H17Cl2N3OS/c22-14-8-10-15(11-9-14)28-21-17(12-19(23)25-26-21)20(27)24-18-7-3-5-13-4-1-2-6-16(13)18/h1-2,4,6,8-12,18H,3,5,7H2,(H,24,27). The molecular weight excluding hydrogens is 413 g/mol. The summed E-state index contributed by atoms with van der Waals surface area (Å²) in [6.45, 7) is 0. The van der Waals surface area contributed by atoms with Gasteiger partial charge in [0.25, 0.3) is 5.91 Å². The van der Waals surface area contributed by atoms with Crippen LogP contribution in [-0.4, -0.2) is 16.1 Å². The molecule has 0 fully saturated rings. The van der Waals surface area contributed by atoms with Crippen molar-refractivity contribution in [1.82, 2.24) is 15.5 Å². The van der Waals surface area contributed by atoms with E-state index in [0.29, 0.717) is 15.6 Å². The maximum atomic E-state index is 13.1. The third-order valence-corrected chi connectivity index (χ3v) is 6.12. The lowest BCUT2D eigenvalue weighted by atomic mass is 9.87. The lowest BCUT2D eigenvalue weighted by molar-refractivity contribution is 0.0928. The normalized spacial score (nSPS) is 15.7. The molecule has 0 spiro atoms. The summed E-state index contributed by atoms with van der Waals surface area (Å²) in [4.78, 5) is 14.0. The van der Waals surface area contributed by atoms with Crippen molar-refractivity contribution in [3.63, 3.8) is 0 Å². The fourth-order valence-electron chi connectivity index (χ4n) is 3.35. The first-order valence-corrected chi connectivity index (χ1v) is 10.5. The monoisotopic (exact) mass is 429 g/mol. The molecule has 1 aliphatic carbocycles. The molecule has 3 aromatic rings. The van der Waals surface area contributed by atoms with Gasteiger partial charge in [0.1, 0.15) is 5.03 Å². The molecule has 1 amide bonds. The highest BCUT2D eigenvalue weighted by molar-refractivity contribution is 7.99. The van der Waals surface area contributed by atoms with E-state index in [-0.39, 0.29) is 17.1 Å². The van der Waals surface area contributed by atoms with Gasteiger partial charge in [-0.1, -0.05) is 59.2 Å². The Balaban J connectivity index is 1.59. The number of fused-ring (bicyclic) bond motifs is 1. The van der Waals surface area contributed by atoms with E-state index < -0.39 is 0 Å². The van der Waals surface area contributed by atoms with Crippen molar-refractivity contribution in [2.45, 2.75) is 35.2 Å². The zero-order valence-corrected chi connectivity index (χ0v) is 17.2. The number of nitrogens with zero attached hydrogens (tertiary/aromatic N) is 2. The highest BCUT2D eigenvalue weighted by Crippen LogP contribution is 2.32. The minimum Gasteiger partial charge on any atom is -0.345 e. The Morgan fingerprint density at radius 3 is 2.68 bits per heavy atom. The number of aryl methyl sites for hydroxylation is 1. The second-order valence-corrected chi connectivity index (χ2v) is 8.44. The average Bonchev–Trinajstić information content (AvgIpc) is 2.71. The number of benzene rings is 2. The van der Waals surface area contributed by atoms with Crippen LogP contribution in [0.3, 0.4) is 0 Å². The molecule has 7 heteroatoms. The third-order valence-electron chi connectivity index (χ3n) is 4.68. The van der Waals surface area contributed by atoms with Crippen molar-refractivity contribution in [2.24, 2.45) is 0 Å². The number of nitrogens with one attached hydrogen (secondary N) is 1. The maximum Gasteiger partial charge on any atom is 0.254 e. The number of hydrogen-bond acceptors (Lipinski definition) is 4. The Hall–Kier alpha value is -2.08. The molecule has 1 N–H and O–H groups in total. The summed E-state index contributed by atoms with van der Waals surface area (Å²) in [6.07, 6.45) is 3.00. The van der Waals surface area contributed by atoms with Crippen LogP contribution in [0.5, 0.6) is 0 Å². The van der Waals surface area contributed by atoms with Crippen molar-refractivity contribution in [2.75, 3.05) is 0 Å². The van der Waals surface area contributed by atoms with E-state index in [9.17, 15) is 4.79 Å². The van der Waals surface area contributed by atoms with Gasteiger partial charge in [-0.05, 0) is 60.7 Å². The number of aromatic nitrogens is 2. The first-order valence-electron chi connectivity index (χ1n) is 8.95. The Morgan fingerprint density at radius 2 is 1.86 bits per heavy atom. The van der Waals surface area contributed by atoms with Crippen LogP contribution in [0.25, 0.3) is 0 Å². The second kappa shape index (κ2) is 8.52. The first-order chi connectivity index (χ1) is 13.6. The van der Waals surface area contributed by atoms with Crippen LogP contribution in [0, 0.1) is 0 Å². The van der Waals surface area contributed by atoms with Crippen LogP contribution >= 0.6 is 35.0 Å². The topological polar surface area (TPSA) is 54.9 Å². The molecule has 1 heterocycles. The third kappa shape index (κ3) is 4.32. The highest BCUT2D eigenvalue weighted by Gasteiger charge is 2.24. The summed E-state index contributed by atoms with van der Waals surface area (Å²) in [5.74, 6) is -0.199. The van der Waals surface area contributed by atoms with Gasteiger partial charge in [0.15, 0.2) is 5.15 Å². The fourth-order valence-corrected chi connectivity index (χ4v) is 4.46. The van der Waals surface area contributed by atoms with Gasteiger partial charge < -0.3 is 5.32 Å². The molecule has 142 valence electrons. The van der Waals surface area contributed by atoms with E-state index in [2.05, 4.69) is 27.6 Å². The smallest absolute Gasteiger partial charge is 0.254 e. The molecule has 1 atom stereocenters. The zero-order valence-electron chi connectivity index (χ0n) is 14.9. The molecule has 0 radical (unpaired) electrons. The van der Waals surface area contributed by atoms with Crippen LogP contribution in [0.1, 0.15) is 40.4 Å². The van der Waals surface area contributed by atoms with Gasteiger partial charge in [-0.3, -0.25) is 4.79 Å². The molecule has 1 aromatic heterocycles. The Bertz CT molecular complexity index is 1010. The van der Waals surface area contributed by atoms with Gasteiger partial charge in [0.2, 0.25) is 0 Å². The molecule has 2 aromatic carbocycles. The minimum absolute atomic E-state index is 0.0160. The van der Waals surface area contributed by atoms with E-state index >= 15 is 0 Å². The average molecular weight is 430 g/mol. The number of carbonyl (C=O) groups is 1. The van der Waals surface area contributed by atoms with Gasteiger partial charge in [0, 0.05) is 9.92 Å². The van der Waals surface area contributed by atoms with Gasteiger partial charge in [-0.2, -0.15) is 0 Å². The van der Waals surface area contributed by atoms with Crippen LogP contribution in [0.15, 0.2) is 64.5 Å². The van der Waals surface area contributed by atoms with E-state index in [0.717, 1.165) is 24.2 Å². The lowest BCUT2D eigenvalue weighted by Gasteiger charge is -2.26. The molecule has 4 nitrogen and oxygen atoms in total. The predicted molar refractivity (Wildman–Crippen MR) is 112 cm³/mol. The van der Waals surface area contributed by atoms with E-state index in [1.165, 1.54) is 22.9 Å². The highest BCUT2D eigenvalue weighted by atomic mass is 35.5. The summed E-state index contributed by atoms with van der Waals surface area (Å²) < 4.78 is 0. The SMILES string of the molecule is O=C(NC1CCCc2ccccc21)c1cc(Cl)nnc1Sc1ccc(Cl)cc1. The number of hydrogen-bond donors (Lipinski definition) is 1. The summed E-state index contributed by atoms with van der Waals surface area (Å²) in [5.41, 5.74) is 2.89. The molecule has 0 aliphatic heterocycles. The van der Waals surface area contributed by atoms with E-state index in [1.54, 1.807) is 18.2 Å². The first kappa shape index (κ1) is 19.2. The molecule has 1 unspecified atom stereocenters. The minimum atomic E-state index is -0.199. The van der Waals surface area contributed by atoms with Gasteiger partial charge in [-0.15, -0.1) is 10.2 Å². The van der Waals surface area contributed by atoms with Crippen molar-refractivity contribution < 1.29 is 4.79 Å². The van der Waals surface area contributed by atoms with Crippen LogP contribution in [0.2, 0.25) is 10.2 Å². The van der Waals surface area contributed by atoms with Gasteiger partial charge >= 0.3 is 0 Å². The summed E-state index contributed by atoms with van der Waals surface area (Å²) in [5, 5.41) is 12.6. The number of carbonyl (C=O) groups excluding carboxylic acids is 1. The van der Waals surface area contributed by atoms with E-state index in [1.807, 2.05) is 24.3 Å². The van der Waals surface area contributed by atoms with Crippen molar-refractivity contribution in [1.29, 1.82) is 0 Å². The molecule has 28 heavy (non-hydrogen) atoms. The number of rotatable bonds is 4. The molecule has 1 aliphatic rings. The predicted octanol–water partition coefficient (Wildman–Crippen LogP) is 5.74. The van der Waals surface area contributed by atoms with Crippen molar-refractivity contribution >= 4 is 40.9 Å². The van der Waals surface area contributed by atoms with Crippen molar-refractivity contribution in [3.8, 4) is 0 Å². The van der Waals surface area contributed by atoms with Crippen LogP contribution in [-0.2, 0) is 6.42 Å². The Morgan fingerprint density at radius 1 is 1.07 bits per heavy atom. The number of halogens is 2. The van der Waals surface area contributed by atoms with Gasteiger partial charge in [0.05, 0.1) is 11.6 Å². The largest absolute Gasteiger partial charge is 0.345 e. The zero-order chi connectivity index (χ0) is 19.5. The summed E-state index contributed by atoms with van der Waals surface area (Å²) >= 11 is 13.3. The molecular formula is C21H17Cl2N3OS. The van der Waals surface area contributed by atoms with Crippen molar-refractivity contribution in [3.05, 3.63) is 81.5 Å². The molecule has 0 bridgehead atoms. The van der Waals surface area contributed by atoms with Crippen LogP contribution in [0.4, 0.5) is 0 Å². The van der Waals surface area contributed by atoms with Crippen LogP contribution < -0.4 is 5.32 Å². The fraction of sp³-hybridized carbons (Fsp3) is 0.190. The number of amides is 1. The maximum absolute atomic E-state index is 13.1. The van der Waals surface area contributed by atoms with Gasteiger partial charge in [-0.25, -0.2) is 0 Å². The molecule has 0 saturated heterocycles. The molecule has 4 rings (SSSR count).